The van der Waals surface area contributed by atoms with Crippen LogP contribution < -0.4 is 10.0 Å². The van der Waals surface area contributed by atoms with E-state index in [4.69, 9.17) is 0 Å². The molecule has 3 aromatic rings. The van der Waals surface area contributed by atoms with E-state index in [9.17, 15) is 13.2 Å². The number of anilines is 1. The van der Waals surface area contributed by atoms with Crippen LogP contribution in [0.15, 0.2) is 64.5 Å². The van der Waals surface area contributed by atoms with Crippen molar-refractivity contribution < 1.29 is 13.2 Å². The topological polar surface area (TPSA) is 105 Å². The zero-order chi connectivity index (χ0) is 20.6. The Morgan fingerprint density at radius 3 is 2.62 bits per heavy atom. The average molecular weight is 409 g/mol. The number of rotatable bonds is 4. The summed E-state index contributed by atoms with van der Waals surface area (Å²) in [6.07, 6.45) is 0. The molecule has 148 valence electrons. The highest BCUT2D eigenvalue weighted by Crippen LogP contribution is 2.22. The number of amides is 1. The van der Waals surface area contributed by atoms with Crippen LogP contribution in [0, 0.1) is 13.8 Å². The Kier molecular flexibility index (Phi) is 4.67. The van der Waals surface area contributed by atoms with Crippen molar-refractivity contribution in [2.24, 2.45) is 4.99 Å². The molecule has 0 aliphatic carbocycles. The van der Waals surface area contributed by atoms with Crippen molar-refractivity contribution in [1.29, 1.82) is 0 Å². The number of nitrogens with one attached hydrogen (secondary N) is 2. The Bertz CT molecular complexity index is 1230. The lowest BCUT2D eigenvalue weighted by Crippen LogP contribution is -2.24. The molecule has 0 fully saturated rings. The van der Waals surface area contributed by atoms with Gasteiger partial charge in [0.25, 0.3) is 10.0 Å². The fraction of sp³-hybridized carbons (Fsp3) is 0.150. The normalized spacial score (nSPS) is 15.7. The third-order valence-corrected chi connectivity index (χ3v) is 5.82. The fourth-order valence-corrected chi connectivity index (χ4v) is 4.31. The maximum Gasteiger partial charge on any atom is 0.263 e. The van der Waals surface area contributed by atoms with E-state index in [0.29, 0.717) is 11.4 Å². The molecule has 29 heavy (non-hydrogen) atoms. The minimum atomic E-state index is -3.63. The molecule has 2 aromatic carbocycles. The molecule has 2 heterocycles. The maximum atomic E-state index is 12.5. The van der Waals surface area contributed by atoms with Gasteiger partial charge in [-0.05, 0) is 38.1 Å². The van der Waals surface area contributed by atoms with E-state index in [-0.39, 0.29) is 23.2 Å². The second-order valence-electron chi connectivity index (χ2n) is 6.73. The number of amidine groups is 1. The Balaban J connectivity index is 1.53. The Morgan fingerprint density at radius 2 is 1.86 bits per heavy atom. The van der Waals surface area contributed by atoms with E-state index in [0.717, 1.165) is 16.9 Å². The highest BCUT2D eigenvalue weighted by atomic mass is 32.2. The first kappa shape index (κ1) is 18.9. The summed E-state index contributed by atoms with van der Waals surface area (Å²) in [6, 6.07) is 16.0. The van der Waals surface area contributed by atoms with Crippen LogP contribution in [0.3, 0.4) is 0 Å². The molecule has 2 N–H and O–H groups in total. The Morgan fingerprint density at radius 1 is 1.14 bits per heavy atom. The highest BCUT2D eigenvalue weighted by Gasteiger charge is 2.30. The van der Waals surface area contributed by atoms with Gasteiger partial charge in [0.2, 0.25) is 5.91 Å². The second-order valence-corrected chi connectivity index (χ2v) is 8.38. The van der Waals surface area contributed by atoms with Crippen molar-refractivity contribution >= 4 is 27.6 Å². The van der Waals surface area contributed by atoms with E-state index in [1.165, 1.54) is 6.07 Å². The zero-order valence-corrected chi connectivity index (χ0v) is 16.7. The summed E-state index contributed by atoms with van der Waals surface area (Å²) in [6.45, 7) is 3.60. The van der Waals surface area contributed by atoms with Crippen LogP contribution in [-0.4, -0.2) is 36.5 Å². The van der Waals surface area contributed by atoms with Crippen molar-refractivity contribution in [2.75, 3.05) is 11.9 Å². The number of fused-ring (bicyclic) bond motifs is 1. The number of aromatic nitrogens is 2. The minimum Gasteiger partial charge on any atom is -0.309 e. The van der Waals surface area contributed by atoms with Gasteiger partial charge in [-0.3, -0.25) is 14.5 Å². The largest absolute Gasteiger partial charge is 0.309 e. The summed E-state index contributed by atoms with van der Waals surface area (Å²) in [4.78, 5) is 16.8. The molecule has 0 unspecified atom stereocenters. The molecule has 0 spiro atoms. The van der Waals surface area contributed by atoms with Crippen molar-refractivity contribution in [1.82, 2.24) is 14.5 Å². The maximum absolute atomic E-state index is 12.5. The van der Waals surface area contributed by atoms with Crippen molar-refractivity contribution in [3.05, 3.63) is 71.4 Å². The molecule has 0 radical (unpaired) electrons. The highest BCUT2D eigenvalue weighted by molar-refractivity contribution is 7.90. The van der Waals surface area contributed by atoms with E-state index < -0.39 is 10.0 Å². The van der Waals surface area contributed by atoms with Gasteiger partial charge in [0.05, 0.1) is 16.3 Å². The first-order valence-corrected chi connectivity index (χ1v) is 10.4. The van der Waals surface area contributed by atoms with Crippen LogP contribution in [-0.2, 0) is 14.8 Å². The molecule has 0 saturated carbocycles. The summed E-state index contributed by atoms with van der Waals surface area (Å²) in [5, 5.41) is 7.21. The second kappa shape index (κ2) is 7.17. The first-order valence-electron chi connectivity index (χ1n) is 8.94. The lowest BCUT2D eigenvalue weighted by Gasteiger charge is -2.08. The molecule has 1 aliphatic heterocycles. The Hall–Kier alpha value is -3.46. The molecule has 1 amide bonds. The monoisotopic (exact) mass is 409 g/mol. The summed E-state index contributed by atoms with van der Waals surface area (Å²) in [7, 11) is -3.63. The van der Waals surface area contributed by atoms with E-state index in [2.05, 4.69) is 20.1 Å². The summed E-state index contributed by atoms with van der Waals surface area (Å²) < 4.78 is 28.3. The number of carbonyl (C=O) groups is 1. The fourth-order valence-electron chi connectivity index (χ4n) is 3.06. The number of hydrogen-bond donors (Lipinski definition) is 2. The number of nitrogens with zero attached hydrogens (tertiary/aromatic N) is 3. The number of sulfonamides is 1. The zero-order valence-electron chi connectivity index (χ0n) is 15.9. The van der Waals surface area contributed by atoms with Crippen molar-refractivity contribution in [3.8, 4) is 5.69 Å². The SMILES string of the molecule is Cc1ccc(-n2nc(C)cc2NC(=O)CN=C2NS(=O)(=O)c3ccccc32)cc1. The molecule has 1 aromatic heterocycles. The molecule has 4 rings (SSSR count). The van der Waals surface area contributed by atoms with Crippen LogP contribution in [0.4, 0.5) is 5.82 Å². The lowest BCUT2D eigenvalue weighted by molar-refractivity contribution is -0.114. The molecule has 0 saturated heterocycles. The number of aryl methyl sites for hydroxylation is 2. The van der Waals surface area contributed by atoms with Gasteiger partial charge in [-0.1, -0.05) is 29.8 Å². The molecular formula is C20H19N5O3S. The minimum absolute atomic E-state index is 0.159. The third-order valence-electron chi connectivity index (χ3n) is 4.42. The van der Waals surface area contributed by atoms with Crippen LogP contribution in [0.5, 0.6) is 0 Å². The van der Waals surface area contributed by atoms with Gasteiger partial charge < -0.3 is 5.32 Å². The molecule has 0 bridgehead atoms. The van der Waals surface area contributed by atoms with Crippen LogP contribution in [0.25, 0.3) is 5.69 Å². The van der Waals surface area contributed by atoms with E-state index in [1.54, 1.807) is 28.9 Å². The van der Waals surface area contributed by atoms with Gasteiger partial charge in [0.15, 0.2) is 0 Å². The third kappa shape index (κ3) is 3.77. The number of carbonyl (C=O) groups excluding carboxylic acids is 1. The smallest absolute Gasteiger partial charge is 0.263 e. The number of hydrogen-bond acceptors (Lipinski definition) is 5. The summed E-state index contributed by atoms with van der Waals surface area (Å²) in [5.41, 5.74) is 3.16. The summed E-state index contributed by atoms with van der Waals surface area (Å²) in [5.74, 6) is 0.303. The lowest BCUT2D eigenvalue weighted by atomic mass is 10.2. The van der Waals surface area contributed by atoms with Gasteiger partial charge in [0, 0.05) is 11.6 Å². The standard InChI is InChI=1S/C20H19N5O3S/c1-13-7-9-15(10-8-13)25-18(11-14(2)23-25)22-19(26)12-21-20-16-5-3-4-6-17(16)29(27,28)24-20/h3-11H,12H2,1-2H3,(H,21,24)(H,22,26). The Labute approximate surface area is 168 Å². The first-order chi connectivity index (χ1) is 13.8. The van der Waals surface area contributed by atoms with E-state index >= 15 is 0 Å². The molecule has 0 atom stereocenters. The quantitative estimate of drug-likeness (QED) is 0.689. The molecule has 1 aliphatic rings. The van der Waals surface area contributed by atoms with Crippen LogP contribution >= 0.6 is 0 Å². The van der Waals surface area contributed by atoms with Crippen molar-refractivity contribution in [2.45, 2.75) is 18.7 Å². The van der Waals surface area contributed by atoms with Gasteiger partial charge in [-0.2, -0.15) is 5.10 Å². The van der Waals surface area contributed by atoms with E-state index in [1.807, 2.05) is 38.1 Å². The molecular weight excluding hydrogens is 390 g/mol. The van der Waals surface area contributed by atoms with Gasteiger partial charge in [-0.25, -0.2) is 13.1 Å². The predicted octanol–water partition coefficient (Wildman–Crippen LogP) is 2.17. The van der Waals surface area contributed by atoms with Gasteiger partial charge in [0.1, 0.15) is 18.2 Å². The summed E-state index contributed by atoms with van der Waals surface area (Å²) >= 11 is 0. The molecule has 9 heteroatoms. The predicted molar refractivity (Wildman–Crippen MR) is 110 cm³/mol. The average Bonchev–Trinajstić information content (AvgIpc) is 3.17. The molecule has 8 nitrogen and oxygen atoms in total. The van der Waals surface area contributed by atoms with Gasteiger partial charge >= 0.3 is 0 Å². The van der Waals surface area contributed by atoms with Crippen LogP contribution in [0.1, 0.15) is 16.8 Å². The van der Waals surface area contributed by atoms with Crippen LogP contribution in [0.2, 0.25) is 0 Å². The van der Waals surface area contributed by atoms with Crippen molar-refractivity contribution in [3.63, 3.8) is 0 Å². The number of benzene rings is 2. The van der Waals surface area contributed by atoms with Gasteiger partial charge in [-0.15, -0.1) is 0 Å². The number of aliphatic imine (C=N–C) groups is 1.